The van der Waals surface area contributed by atoms with E-state index in [9.17, 15) is 18.8 Å². The molecule has 0 radical (unpaired) electrons. The molecule has 0 fully saturated rings. The van der Waals surface area contributed by atoms with Crippen molar-refractivity contribution in [2.45, 2.75) is 136 Å². The fourth-order valence-corrected chi connectivity index (χ4v) is 2.73. The van der Waals surface area contributed by atoms with Gasteiger partial charge in [-0.05, 0) is 63.2 Å². The van der Waals surface area contributed by atoms with Gasteiger partial charge in [0.25, 0.3) is 0 Å². The van der Waals surface area contributed by atoms with Crippen molar-refractivity contribution < 1.29 is 18.8 Å². The lowest BCUT2D eigenvalue weighted by Crippen LogP contribution is -2.32. The Bertz CT molecular complexity index is 526. The number of carbonyl (C=O) groups is 3. The Morgan fingerprint density at radius 2 is 1.13 bits per heavy atom. The van der Waals surface area contributed by atoms with E-state index in [1.165, 1.54) is 13.8 Å². The van der Waals surface area contributed by atoms with E-state index in [2.05, 4.69) is 41.5 Å². The summed E-state index contributed by atoms with van der Waals surface area (Å²) in [5.74, 6) is 0.437. The minimum absolute atomic E-state index is 0. The van der Waals surface area contributed by atoms with Crippen molar-refractivity contribution in [2.24, 2.45) is 22.2 Å². The summed E-state index contributed by atoms with van der Waals surface area (Å²) < 4.78 is 13.4. The molecule has 0 rings (SSSR count). The summed E-state index contributed by atoms with van der Waals surface area (Å²) in [7, 11) is 0. The van der Waals surface area contributed by atoms with Crippen LogP contribution in [0.5, 0.6) is 0 Å². The van der Waals surface area contributed by atoms with E-state index in [1.54, 1.807) is 13.8 Å². The Labute approximate surface area is 194 Å². The van der Waals surface area contributed by atoms with Gasteiger partial charge in [0, 0.05) is 12.3 Å². The number of alkyl halides is 1. The van der Waals surface area contributed by atoms with Crippen molar-refractivity contribution in [1.82, 2.24) is 0 Å². The molecule has 4 heteroatoms. The molecule has 0 aromatic heterocycles. The molecule has 0 N–H and O–H groups in total. The second-order valence-corrected chi connectivity index (χ2v) is 12.5. The van der Waals surface area contributed by atoms with Crippen LogP contribution in [0.15, 0.2) is 0 Å². The fourth-order valence-electron chi connectivity index (χ4n) is 2.73. The van der Waals surface area contributed by atoms with Crippen LogP contribution in [0.2, 0.25) is 0 Å². The maximum absolute atomic E-state index is 13.4. The van der Waals surface area contributed by atoms with Gasteiger partial charge in [0.2, 0.25) is 0 Å². The predicted molar refractivity (Wildman–Crippen MR) is 134 cm³/mol. The zero-order valence-electron chi connectivity index (χ0n) is 22.5. The van der Waals surface area contributed by atoms with E-state index >= 15 is 0 Å². The number of Topliss-reactive ketones (excluding diaryl/α,β-unsaturated/α-hetero) is 3. The molecule has 0 aromatic carbocycles. The summed E-state index contributed by atoms with van der Waals surface area (Å²) in [4.78, 5) is 32.1. The third-order valence-corrected chi connectivity index (χ3v) is 4.44. The monoisotopic (exact) mass is 446 g/mol. The molecule has 0 aliphatic carbocycles. The Kier molecular flexibility index (Phi) is 17.9. The molecule has 2 unspecified atom stereocenters. The molecule has 188 valence electrons. The van der Waals surface area contributed by atoms with Gasteiger partial charge in [0.1, 0.15) is 11.6 Å². The zero-order chi connectivity index (χ0) is 25.1. The van der Waals surface area contributed by atoms with Crippen LogP contribution in [0.3, 0.4) is 0 Å². The second-order valence-electron chi connectivity index (χ2n) is 12.5. The molecule has 0 bridgehead atoms. The number of carbonyl (C=O) groups excluding carboxylic acids is 3. The molecule has 0 spiro atoms. The first-order valence-electron chi connectivity index (χ1n) is 11.1. The van der Waals surface area contributed by atoms with E-state index in [1.807, 2.05) is 27.7 Å². The first kappa shape index (κ1) is 37.3. The van der Waals surface area contributed by atoms with Gasteiger partial charge in [0.15, 0.2) is 11.5 Å². The topological polar surface area (TPSA) is 51.2 Å². The average Bonchev–Trinajstić information content (AvgIpc) is 2.41. The zero-order valence-corrected chi connectivity index (χ0v) is 22.5. The SMILES string of the molecule is C.CC(=O)C(C)(F)CC(C)(C)C.CC(=O)C(C)CC(C)(C)C.CC(=O)CCC(C)(C)C. The van der Waals surface area contributed by atoms with Crippen molar-refractivity contribution in [3.63, 3.8) is 0 Å². The summed E-state index contributed by atoms with van der Waals surface area (Å²) in [5, 5.41) is 0. The molecule has 0 aromatic rings. The standard InChI is InChI=1S/C9H17FO.C9H18O.C8H16O.CH4/c1-7(11)9(5,10)6-8(2,3)4;1-7(8(2)10)6-9(3,4)5;1-7(9)5-6-8(2,3)4;/h6H2,1-5H3;7H,6H2,1-5H3;5-6H2,1-4H3;1H4. The van der Waals surface area contributed by atoms with E-state index in [4.69, 9.17) is 0 Å². The summed E-state index contributed by atoms with van der Waals surface area (Å²) >= 11 is 0. The van der Waals surface area contributed by atoms with Crippen LogP contribution in [0.1, 0.15) is 130 Å². The Morgan fingerprint density at radius 1 is 0.742 bits per heavy atom. The van der Waals surface area contributed by atoms with Gasteiger partial charge in [-0.1, -0.05) is 76.7 Å². The van der Waals surface area contributed by atoms with Crippen molar-refractivity contribution in [3.05, 3.63) is 0 Å². The number of hydrogen-bond donors (Lipinski definition) is 0. The molecular formula is C27H55FO3. The average molecular weight is 447 g/mol. The van der Waals surface area contributed by atoms with Gasteiger partial charge in [-0.3, -0.25) is 9.59 Å². The minimum Gasteiger partial charge on any atom is -0.300 e. The van der Waals surface area contributed by atoms with Crippen molar-refractivity contribution >= 4 is 17.3 Å². The lowest BCUT2D eigenvalue weighted by Gasteiger charge is -2.26. The van der Waals surface area contributed by atoms with Gasteiger partial charge >= 0.3 is 0 Å². The van der Waals surface area contributed by atoms with E-state index < -0.39 is 5.67 Å². The van der Waals surface area contributed by atoms with Gasteiger partial charge in [-0.25, -0.2) is 4.39 Å². The minimum atomic E-state index is -1.65. The first-order chi connectivity index (χ1) is 12.9. The van der Waals surface area contributed by atoms with Crippen LogP contribution in [0, 0.1) is 22.2 Å². The lowest BCUT2D eigenvalue weighted by molar-refractivity contribution is -0.129. The third kappa shape index (κ3) is 31.2. The summed E-state index contributed by atoms with van der Waals surface area (Å²) in [5.41, 5.74) is -1.19. The smallest absolute Gasteiger partial charge is 0.166 e. The van der Waals surface area contributed by atoms with Gasteiger partial charge in [0.05, 0.1) is 0 Å². The molecule has 0 saturated carbocycles. The summed E-state index contributed by atoms with van der Waals surface area (Å²) in [6, 6.07) is 0. The lowest BCUT2D eigenvalue weighted by atomic mass is 9.82. The van der Waals surface area contributed by atoms with Crippen molar-refractivity contribution in [2.75, 3.05) is 0 Å². The number of halogens is 1. The van der Waals surface area contributed by atoms with Crippen LogP contribution < -0.4 is 0 Å². The second kappa shape index (κ2) is 14.9. The van der Waals surface area contributed by atoms with Crippen molar-refractivity contribution in [1.29, 1.82) is 0 Å². The first-order valence-corrected chi connectivity index (χ1v) is 11.1. The maximum atomic E-state index is 13.4. The number of hydrogen-bond acceptors (Lipinski definition) is 3. The van der Waals surface area contributed by atoms with E-state index in [-0.39, 0.29) is 36.4 Å². The largest absolute Gasteiger partial charge is 0.300 e. The quantitative estimate of drug-likeness (QED) is 0.411. The molecule has 3 nitrogen and oxygen atoms in total. The molecule has 0 amide bonds. The van der Waals surface area contributed by atoms with Gasteiger partial charge in [-0.2, -0.15) is 0 Å². The van der Waals surface area contributed by atoms with Crippen LogP contribution in [0.4, 0.5) is 4.39 Å². The normalized spacial score (nSPS) is 14.4. The maximum Gasteiger partial charge on any atom is 0.166 e. The third-order valence-electron chi connectivity index (χ3n) is 4.44. The van der Waals surface area contributed by atoms with Crippen LogP contribution in [-0.2, 0) is 14.4 Å². The highest BCUT2D eigenvalue weighted by Gasteiger charge is 2.33. The van der Waals surface area contributed by atoms with E-state index in [0.717, 1.165) is 19.3 Å². The molecule has 0 aliphatic rings. The Hall–Kier alpha value is -1.06. The van der Waals surface area contributed by atoms with Crippen LogP contribution >= 0.6 is 0 Å². The van der Waals surface area contributed by atoms with E-state index in [0.29, 0.717) is 17.0 Å². The number of ketones is 3. The van der Waals surface area contributed by atoms with Gasteiger partial charge < -0.3 is 4.79 Å². The highest BCUT2D eigenvalue weighted by Crippen LogP contribution is 2.30. The summed E-state index contributed by atoms with van der Waals surface area (Å²) in [6.45, 7) is 26.6. The molecule has 31 heavy (non-hydrogen) atoms. The molecule has 0 saturated heterocycles. The Balaban J connectivity index is -0.000000174. The predicted octanol–water partition coefficient (Wildman–Crippen LogP) is 8.43. The van der Waals surface area contributed by atoms with Crippen LogP contribution in [0.25, 0.3) is 0 Å². The van der Waals surface area contributed by atoms with Crippen molar-refractivity contribution in [3.8, 4) is 0 Å². The molecule has 2 atom stereocenters. The summed E-state index contributed by atoms with van der Waals surface area (Å²) in [6.07, 6.45) is 3.00. The van der Waals surface area contributed by atoms with Crippen LogP contribution in [-0.4, -0.2) is 23.0 Å². The molecule has 0 aliphatic heterocycles. The molecule has 0 heterocycles. The Morgan fingerprint density at radius 3 is 1.23 bits per heavy atom. The highest BCUT2D eigenvalue weighted by atomic mass is 19.1. The van der Waals surface area contributed by atoms with Gasteiger partial charge in [-0.15, -0.1) is 0 Å². The fraction of sp³-hybridized carbons (Fsp3) is 0.889. The highest BCUT2D eigenvalue weighted by molar-refractivity contribution is 5.84. The number of rotatable bonds is 6. The molecular weight excluding hydrogens is 391 g/mol.